The van der Waals surface area contributed by atoms with E-state index < -0.39 is 10.0 Å². The Morgan fingerprint density at radius 2 is 0.946 bits per heavy atom. The van der Waals surface area contributed by atoms with Crippen LogP contribution in [0, 0.1) is 31.9 Å². The molecule has 0 spiro atoms. The van der Waals surface area contributed by atoms with Crippen molar-refractivity contribution in [2.45, 2.75) is 78.1 Å². The fourth-order valence-corrected chi connectivity index (χ4v) is 10.7. The van der Waals surface area contributed by atoms with E-state index in [4.69, 9.17) is 0 Å². The highest BCUT2D eigenvalue weighted by atomic mass is 32.3. The highest BCUT2D eigenvalue weighted by molar-refractivity contribution is 8.38. The van der Waals surface area contributed by atoms with Crippen molar-refractivity contribution in [3.8, 4) is 11.2 Å². The van der Waals surface area contributed by atoms with E-state index in [-0.39, 0.29) is 0 Å². The van der Waals surface area contributed by atoms with Crippen molar-refractivity contribution in [3.63, 3.8) is 0 Å². The molecule has 0 aliphatic heterocycles. The van der Waals surface area contributed by atoms with Crippen molar-refractivity contribution in [2.75, 3.05) is 0 Å². The zero-order valence-corrected chi connectivity index (χ0v) is 24.7. The zero-order chi connectivity index (χ0) is 26.6. The number of hydrogen-bond donors (Lipinski definition) is 0. The van der Waals surface area contributed by atoms with Gasteiger partial charge in [0.05, 0.1) is 0 Å². The van der Waals surface area contributed by atoms with Crippen molar-refractivity contribution in [2.24, 2.45) is 0 Å². The molecule has 5 aromatic carbocycles. The van der Waals surface area contributed by atoms with Gasteiger partial charge in [0.2, 0.25) is 0 Å². The lowest BCUT2D eigenvalue weighted by Crippen LogP contribution is -2.27. The number of rotatable bonds is 3. The van der Waals surface area contributed by atoms with Crippen molar-refractivity contribution in [1.82, 2.24) is 0 Å². The third-order valence-electron chi connectivity index (χ3n) is 8.51. The lowest BCUT2D eigenvalue weighted by atomic mass is 9.89. The third-order valence-corrected chi connectivity index (χ3v) is 13.7. The van der Waals surface area contributed by atoms with Gasteiger partial charge in [-0.2, -0.15) is 10.0 Å². The first-order valence-electron chi connectivity index (χ1n) is 13.7. The number of aryl methyl sites for hydroxylation is 3. The summed E-state index contributed by atoms with van der Waals surface area (Å²) < 4.78 is 0. The molecule has 5 aromatic rings. The number of hydrogen-bond acceptors (Lipinski definition) is 0. The molecule has 0 aliphatic carbocycles. The van der Waals surface area contributed by atoms with E-state index in [2.05, 4.69) is 134 Å². The average molecular weight is 505 g/mol. The van der Waals surface area contributed by atoms with Crippen molar-refractivity contribution >= 4 is 53.1 Å². The molecule has 1 heteroatoms. The van der Waals surface area contributed by atoms with Crippen LogP contribution in [0.1, 0.15) is 63.8 Å². The Morgan fingerprint density at radius 3 is 1.41 bits per heavy atom. The maximum Gasteiger partial charge on any atom is 0.0411 e. The van der Waals surface area contributed by atoms with E-state index in [0.29, 0.717) is 15.7 Å². The molecular weight excluding hydrogens is 464 g/mol. The quantitative estimate of drug-likeness (QED) is 0.169. The Labute approximate surface area is 224 Å². The highest BCUT2D eigenvalue weighted by Crippen LogP contribution is 2.59. The summed E-state index contributed by atoms with van der Waals surface area (Å²) in [6, 6.07) is 23.0. The van der Waals surface area contributed by atoms with Crippen LogP contribution in [-0.4, -0.2) is 15.7 Å². The normalized spacial score (nSPS) is 12.9. The monoisotopic (exact) mass is 504 g/mol. The van der Waals surface area contributed by atoms with Crippen LogP contribution in [0.5, 0.6) is 0 Å². The molecule has 0 aliphatic rings. The van der Waals surface area contributed by atoms with Gasteiger partial charge in [0.15, 0.2) is 0 Å². The third kappa shape index (κ3) is 4.11. The van der Waals surface area contributed by atoms with Crippen LogP contribution >= 0.6 is 10.0 Å². The minimum atomic E-state index is -1.15. The van der Waals surface area contributed by atoms with E-state index in [1.54, 1.807) is 0 Å². The summed E-state index contributed by atoms with van der Waals surface area (Å²) in [5.74, 6) is 3.89. The van der Waals surface area contributed by atoms with Crippen molar-refractivity contribution in [3.05, 3.63) is 82.9 Å². The fourth-order valence-electron chi connectivity index (χ4n) is 6.40. The summed E-state index contributed by atoms with van der Waals surface area (Å²) in [6.45, 7) is 21.0. The predicted octanol–water partition coefficient (Wildman–Crippen LogP) is 10.6. The summed E-state index contributed by atoms with van der Waals surface area (Å²) >= 11 is 0. The number of benzene rings is 5. The first-order chi connectivity index (χ1) is 17.5. The van der Waals surface area contributed by atoms with Crippen LogP contribution in [0.15, 0.2) is 60.7 Å². The molecule has 0 aromatic heterocycles. The van der Waals surface area contributed by atoms with Gasteiger partial charge in [-0.3, -0.25) is 0 Å². The molecule has 37 heavy (non-hydrogen) atoms. The fraction of sp³-hybridized carbons (Fsp3) is 0.333. The Balaban J connectivity index is 1.97. The summed E-state index contributed by atoms with van der Waals surface area (Å²) in [6.07, 6.45) is 0. The Kier molecular flexibility index (Phi) is 6.54. The Bertz CT molecular complexity index is 1720. The summed E-state index contributed by atoms with van der Waals surface area (Å²) in [7, 11) is -1.15. The van der Waals surface area contributed by atoms with Gasteiger partial charge >= 0.3 is 0 Å². The van der Waals surface area contributed by atoms with Gasteiger partial charge in [-0.1, -0.05) is 83.9 Å². The van der Waals surface area contributed by atoms with Gasteiger partial charge in [0, 0.05) is 5.56 Å². The Hall–Kier alpha value is -2.95. The largest absolute Gasteiger partial charge is 0.170 e. The summed E-state index contributed by atoms with van der Waals surface area (Å²) in [5.41, 5.74) is 5.22. The SMILES string of the molecule is Cc1cc2cc3c(C)c4cc5ccccc5cc4c(C#CS(C(C)C)(C(C)C)C(C)C)c3cc2cc1C. The average Bonchev–Trinajstić information content (AvgIpc) is 2.84. The topological polar surface area (TPSA) is 0 Å². The maximum atomic E-state index is 4.00. The van der Waals surface area contributed by atoms with E-state index in [0.717, 1.165) is 0 Å². The zero-order valence-electron chi connectivity index (χ0n) is 23.9. The van der Waals surface area contributed by atoms with Crippen LogP contribution in [-0.2, 0) is 0 Å². The first kappa shape index (κ1) is 25.7. The van der Waals surface area contributed by atoms with E-state index in [1.807, 2.05) is 0 Å². The molecule has 0 atom stereocenters. The molecule has 0 unspecified atom stereocenters. The molecule has 0 amide bonds. The molecule has 0 saturated carbocycles. The highest BCUT2D eigenvalue weighted by Gasteiger charge is 2.33. The van der Waals surface area contributed by atoms with Crippen LogP contribution in [0.2, 0.25) is 0 Å². The van der Waals surface area contributed by atoms with Gasteiger partial charge in [0.1, 0.15) is 0 Å². The molecule has 0 radical (unpaired) electrons. The second-order valence-electron chi connectivity index (χ2n) is 11.6. The molecule has 5 rings (SSSR count). The van der Waals surface area contributed by atoms with E-state index in [1.165, 1.54) is 65.3 Å². The molecule has 0 bridgehead atoms. The van der Waals surface area contributed by atoms with E-state index >= 15 is 0 Å². The van der Waals surface area contributed by atoms with Gasteiger partial charge in [-0.05, 0) is 126 Å². The second-order valence-corrected chi connectivity index (χ2v) is 16.1. The van der Waals surface area contributed by atoms with Crippen LogP contribution in [0.25, 0.3) is 43.1 Å². The number of fused-ring (bicyclic) bond motifs is 4. The molecular formula is C36H40S. The van der Waals surface area contributed by atoms with Crippen LogP contribution < -0.4 is 0 Å². The van der Waals surface area contributed by atoms with Gasteiger partial charge in [-0.25, -0.2) is 0 Å². The summed E-state index contributed by atoms with van der Waals surface area (Å²) in [5, 5.41) is 16.0. The Morgan fingerprint density at radius 1 is 0.541 bits per heavy atom. The molecule has 0 saturated heterocycles. The molecule has 0 nitrogen and oxygen atoms in total. The van der Waals surface area contributed by atoms with Gasteiger partial charge in [0.25, 0.3) is 0 Å². The standard InChI is InChI=1S/C36H40S/c1-22(2)37(23(3)4,24(5)6)15-14-32-35-19-29-13-11-10-12-28(29)18-33(35)27(9)34-20-30-16-25(7)26(8)17-31(30)21-36(32)34/h10-13,16-24H,1-9H3. The second kappa shape index (κ2) is 9.41. The van der Waals surface area contributed by atoms with Crippen molar-refractivity contribution < 1.29 is 0 Å². The first-order valence-corrected chi connectivity index (χ1v) is 15.5. The molecule has 0 N–H and O–H groups in total. The molecule has 0 heterocycles. The maximum absolute atomic E-state index is 4.00. The van der Waals surface area contributed by atoms with Crippen LogP contribution in [0.4, 0.5) is 0 Å². The minimum Gasteiger partial charge on any atom is -0.170 e. The summed E-state index contributed by atoms with van der Waals surface area (Å²) in [4.78, 5) is 0. The van der Waals surface area contributed by atoms with Crippen LogP contribution in [0.3, 0.4) is 0 Å². The molecule has 190 valence electrons. The van der Waals surface area contributed by atoms with E-state index in [9.17, 15) is 0 Å². The van der Waals surface area contributed by atoms with Gasteiger partial charge < -0.3 is 0 Å². The predicted molar refractivity (Wildman–Crippen MR) is 171 cm³/mol. The van der Waals surface area contributed by atoms with Gasteiger partial charge in [-0.15, -0.1) is 0 Å². The van der Waals surface area contributed by atoms with Crippen molar-refractivity contribution in [1.29, 1.82) is 0 Å². The molecule has 0 fully saturated rings. The lowest BCUT2D eigenvalue weighted by Gasteiger charge is -2.46. The lowest BCUT2D eigenvalue weighted by molar-refractivity contribution is 0.959. The smallest absolute Gasteiger partial charge is 0.0411 e. The minimum absolute atomic E-state index is 0.551.